The van der Waals surface area contributed by atoms with E-state index in [-0.39, 0.29) is 5.91 Å². The van der Waals surface area contributed by atoms with Crippen molar-refractivity contribution in [2.75, 3.05) is 0 Å². The fraction of sp³-hybridized carbons (Fsp3) is 0.526. The van der Waals surface area contributed by atoms with Gasteiger partial charge in [0, 0.05) is 17.6 Å². The zero-order chi connectivity index (χ0) is 14.6. The van der Waals surface area contributed by atoms with Gasteiger partial charge in [-0.3, -0.25) is 4.79 Å². The Balaban J connectivity index is 1.62. The van der Waals surface area contributed by atoms with Gasteiger partial charge in [-0.2, -0.15) is 0 Å². The number of aryl methyl sites for hydroxylation is 2. The van der Waals surface area contributed by atoms with Crippen molar-refractivity contribution in [3.63, 3.8) is 0 Å². The first-order chi connectivity index (χ1) is 10.1. The minimum atomic E-state index is 0.264. The van der Waals surface area contributed by atoms with E-state index in [9.17, 15) is 4.79 Å². The SMILES string of the molecule is Cc1ccc(C(=O)N2C3CCC2CC(=C2CC2)C3)c(C)c1. The zero-order valence-corrected chi connectivity index (χ0v) is 13.0. The number of nitrogens with zero attached hydrogens (tertiary/aromatic N) is 1. The van der Waals surface area contributed by atoms with Crippen molar-refractivity contribution < 1.29 is 4.79 Å². The maximum Gasteiger partial charge on any atom is 0.254 e. The maximum atomic E-state index is 13.0. The van der Waals surface area contributed by atoms with Crippen LogP contribution in [0.15, 0.2) is 29.3 Å². The summed E-state index contributed by atoms with van der Waals surface area (Å²) in [6, 6.07) is 7.11. The Kier molecular flexibility index (Phi) is 2.95. The van der Waals surface area contributed by atoms with Crippen LogP contribution in [0.3, 0.4) is 0 Å². The van der Waals surface area contributed by atoms with Gasteiger partial charge in [0.05, 0.1) is 0 Å². The summed E-state index contributed by atoms with van der Waals surface area (Å²) in [6.07, 6.45) is 7.31. The van der Waals surface area contributed by atoms with E-state index >= 15 is 0 Å². The molecule has 2 saturated heterocycles. The molecule has 1 aromatic rings. The van der Waals surface area contributed by atoms with E-state index in [1.54, 1.807) is 11.1 Å². The minimum absolute atomic E-state index is 0.264. The molecule has 2 nitrogen and oxygen atoms in total. The molecule has 1 amide bonds. The summed E-state index contributed by atoms with van der Waals surface area (Å²) in [5, 5.41) is 0. The predicted octanol–water partition coefficient (Wildman–Crippen LogP) is 4.16. The van der Waals surface area contributed by atoms with Gasteiger partial charge in [0.1, 0.15) is 0 Å². The summed E-state index contributed by atoms with van der Waals surface area (Å²) in [5.74, 6) is 0.264. The third-order valence-electron chi connectivity index (χ3n) is 5.43. The molecular weight excluding hydrogens is 258 g/mol. The molecule has 3 fully saturated rings. The van der Waals surface area contributed by atoms with E-state index in [4.69, 9.17) is 0 Å². The molecule has 1 aliphatic carbocycles. The number of hydrogen-bond acceptors (Lipinski definition) is 1. The van der Waals surface area contributed by atoms with Gasteiger partial charge in [0.25, 0.3) is 5.91 Å². The van der Waals surface area contributed by atoms with Gasteiger partial charge in [-0.15, -0.1) is 0 Å². The standard InChI is InChI=1S/C19H23NO/c1-12-3-8-18(13(2)9-12)19(21)20-16-6-7-17(20)11-15(10-16)14-4-5-14/h3,8-9,16-17H,4-7,10-11H2,1-2H3. The van der Waals surface area contributed by atoms with Crippen molar-refractivity contribution in [1.82, 2.24) is 4.90 Å². The first-order valence-corrected chi connectivity index (χ1v) is 8.23. The Hall–Kier alpha value is -1.57. The monoisotopic (exact) mass is 281 g/mol. The van der Waals surface area contributed by atoms with E-state index in [2.05, 4.69) is 30.9 Å². The van der Waals surface area contributed by atoms with Gasteiger partial charge in [-0.1, -0.05) is 28.8 Å². The smallest absolute Gasteiger partial charge is 0.254 e. The maximum absolute atomic E-state index is 13.0. The van der Waals surface area contributed by atoms with Crippen LogP contribution in [0.4, 0.5) is 0 Å². The van der Waals surface area contributed by atoms with Crippen LogP contribution in [0.5, 0.6) is 0 Å². The predicted molar refractivity (Wildman–Crippen MR) is 84.4 cm³/mol. The number of fused-ring (bicyclic) bond motifs is 2. The number of piperidine rings is 1. The summed E-state index contributed by atoms with van der Waals surface area (Å²) in [4.78, 5) is 15.2. The number of amides is 1. The average Bonchev–Trinajstić information content (AvgIpc) is 3.24. The lowest BCUT2D eigenvalue weighted by Gasteiger charge is -2.36. The van der Waals surface area contributed by atoms with Crippen LogP contribution >= 0.6 is 0 Å². The molecule has 2 unspecified atom stereocenters. The molecule has 2 aliphatic heterocycles. The number of carbonyl (C=O) groups excluding carboxylic acids is 1. The van der Waals surface area contributed by atoms with E-state index < -0.39 is 0 Å². The third kappa shape index (κ3) is 2.21. The van der Waals surface area contributed by atoms with Gasteiger partial charge in [-0.25, -0.2) is 0 Å². The third-order valence-corrected chi connectivity index (χ3v) is 5.43. The molecule has 4 rings (SSSR count). The van der Waals surface area contributed by atoms with Gasteiger partial charge in [0.15, 0.2) is 0 Å². The molecule has 21 heavy (non-hydrogen) atoms. The Morgan fingerprint density at radius 1 is 1.05 bits per heavy atom. The van der Waals surface area contributed by atoms with E-state index in [1.807, 2.05) is 6.07 Å². The lowest BCUT2D eigenvalue weighted by atomic mass is 9.94. The summed E-state index contributed by atoms with van der Waals surface area (Å²) < 4.78 is 0. The van der Waals surface area contributed by atoms with Crippen LogP contribution in [0.1, 0.15) is 60.0 Å². The highest BCUT2D eigenvalue weighted by atomic mass is 16.2. The van der Waals surface area contributed by atoms with Gasteiger partial charge in [0.2, 0.25) is 0 Å². The molecular formula is C19H23NO. The second kappa shape index (κ2) is 4.72. The Morgan fingerprint density at radius 3 is 2.29 bits per heavy atom. The van der Waals surface area contributed by atoms with Crippen molar-refractivity contribution in [1.29, 1.82) is 0 Å². The molecule has 2 atom stereocenters. The number of carbonyl (C=O) groups is 1. The second-order valence-corrected chi connectivity index (χ2v) is 7.03. The van der Waals surface area contributed by atoms with Gasteiger partial charge < -0.3 is 4.90 Å². The molecule has 2 heterocycles. The van der Waals surface area contributed by atoms with Gasteiger partial charge >= 0.3 is 0 Å². The summed E-state index contributed by atoms with van der Waals surface area (Å²) >= 11 is 0. The highest BCUT2D eigenvalue weighted by molar-refractivity contribution is 5.96. The minimum Gasteiger partial charge on any atom is -0.332 e. The molecule has 2 bridgehead atoms. The van der Waals surface area contributed by atoms with Crippen LogP contribution in [0, 0.1) is 13.8 Å². The van der Waals surface area contributed by atoms with Crippen LogP contribution in [-0.2, 0) is 0 Å². The van der Waals surface area contributed by atoms with Crippen LogP contribution < -0.4 is 0 Å². The lowest BCUT2D eigenvalue weighted by molar-refractivity contribution is 0.0633. The fourth-order valence-corrected chi connectivity index (χ4v) is 4.24. The van der Waals surface area contributed by atoms with Crippen molar-refractivity contribution >= 4 is 5.91 Å². The first kappa shape index (κ1) is 13.1. The quantitative estimate of drug-likeness (QED) is 0.708. The second-order valence-electron chi connectivity index (χ2n) is 7.03. The highest BCUT2D eigenvalue weighted by Gasteiger charge is 2.43. The van der Waals surface area contributed by atoms with Crippen molar-refractivity contribution in [3.05, 3.63) is 46.0 Å². The Labute approximate surface area is 126 Å². The number of hydrogen-bond donors (Lipinski definition) is 0. The van der Waals surface area contributed by atoms with E-state index in [1.165, 1.54) is 31.2 Å². The molecule has 0 N–H and O–H groups in total. The molecule has 0 aromatic heterocycles. The first-order valence-electron chi connectivity index (χ1n) is 8.23. The summed E-state index contributed by atoms with van der Waals surface area (Å²) in [5.41, 5.74) is 6.63. The number of rotatable bonds is 1. The number of allylic oxidation sites excluding steroid dienone is 1. The van der Waals surface area contributed by atoms with Crippen molar-refractivity contribution in [2.24, 2.45) is 0 Å². The van der Waals surface area contributed by atoms with E-state index in [0.717, 1.165) is 24.0 Å². The molecule has 0 spiro atoms. The average molecular weight is 281 g/mol. The van der Waals surface area contributed by atoms with Crippen LogP contribution in [0.2, 0.25) is 0 Å². The van der Waals surface area contributed by atoms with Crippen LogP contribution in [-0.4, -0.2) is 22.9 Å². The molecule has 1 saturated carbocycles. The number of benzene rings is 1. The lowest BCUT2D eigenvalue weighted by Crippen LogP contribution is -2.45. The molecule has 3 aliphatic rings. The topological polar surface area (TPSA) is 20.3 Å². The Morgan fingerprint density at radius 2 is 1.71 bits per heavy atom. The summed E-state index contributed by atoms with van der Waals surface area (Å²) in [6.45, 7) is 4.14. The summed E-state index contributed by atoms with van der Waals surface area (Å²) in [7, 11) is 0. The molecule has 0 radical (unpaired) electrons. The van der Waals surface area contributed by atoms with Gasteiger partial charge in [-0.05, 0) is 64.0 Å². The highest BCUT2D eigenvalue weighted by Crippen LogP contribution is 2.45. The largest absolute Gasteiger partial charge is 0.332 e. The Bertz CT molecular complexity index is 621. The fourth-order valence-electron chi connectivity index (χ4n) is 4.24. The molecule has 2 heteroatoms. The molecule has 110 valence electrons. The molecule has 1 aromatic carbocycles. The van der Waals surface area contributed by atoms with Crippen LogP contribution in [0.25, 0.3) is 0 Å². The zero-order valence-electron chi connectivity index (χ0n) is 13.0. The normalized spacial score (nSPS) is 27.2. The van der Waals surface area contributed by atoms with Crippen molar-refractivity contribution in [3.8, 4) is 0 Å². The van der Waals surface area contributed by atoms with Crippen molar-refractivity contribution in [2.45, 2.75) is 64.5 Å². The van der Waals surface area contributed by atoms with E-state index in [0.29, 0.717) is 12.1 Å².